The van der Waals surface area contributed by atoms with Gasteiger partial charge in [-0.05, 0) is 47.0 Å². The molecule has 0 aliphatic rings. The fourth-order valence-electron chi connectivity index (χ4n) is 3.70. The molecule has 8 heteroatoms. The van der Waals surface area contributed by atoms with Crippen molar-refractivity contribution in [3.63, 3.8) is 0 Å². The number of nitrogens with zero attached hydrogens (tertiary/aromatic N) is 1. The minimum absolute atomic E-state index is 0.0974. The molecule has 0 saturated heterocycles. The lowest BCUT2D eigenvalue weighted by Crippen LogP contribution is -2.08. The highest BCUT2D eigenvalue weighted by atomic mass is 19.1. The van der Waals surface area contributed by atoms with E-state index in [0.29, 0.717) is 24.6 Å². The molecule has 4 rings (SSSR count). The summed E-state index contributed by atoms with van der Waals surface area (Å²) in [5.74, 6) is -0.976. The molecular formula is C27H24FN3O4. The van der Waals surface area contributed by atoms with Crippen LogP contribution in [-0.2, 0) is 17.9 Å². The number of hydrogen-bond acceptors (Lipinski definition) is 6. The van der Waals surface area contributed by atoms with Gasteiger partial charge in [0.2, 0.25) is 0 Å². The molecular weight excluding hydrogens is 449 g/mol. The van der Waals surface area contributed by atoms with Gasteiger partial charge in [0.05, 0.1) is 12.1 Å². The van der Waals surface area contributed by atoms with Crippen LogP contribution in [0.4, 0.5) is 10.1 Å². The zero-order chi connectivity index (χ0) is 24.6. The van der Waals surface area contributed by atoms with E-state index in [2.05, 4.69) is 10.5 Å². The van der Waals surface area contributed by atoms with Gasteiger partial charge < -0.3 is 25.1 Å². The average molecular weight is 474 g/mol. The molecule has 0 spiro atoms. The number of aliphatic carboxylic acids is 1. The molecule has 0 saturated carbocycles. The fraction of sp³-hybridized carbons (Fsp3) is 0.148. The van der Waals surface area contributed by atoms with Gasteiger partial charge in [0.15, 0.2) is 0 Å². The highest BCUT2D eigenvalue weighted by Gasteiger charge is 2.20. The summed E-state index contributed by atoms with van der Waals surface area (Å²) in [5.41, 5.74) is 4.72. The zero-order valence-electron chi connectivity index (χ0n) is 18.8. The number of carbonyl (C=O) groups is 1. The van der Waals surface area contributed by atoms with Crippen LogP contribution in [0.25, 0.3) is 0 Å². The zero-order valence-corrected chi connectivity index (χ0v) is 18.8. The summed E-state index contributed by atoms with van der Waals surface area (Å²) in [6, 6.07) is 20.8. The van der Waals surface area contributed by atoms with Crippen molar-refractivity contribution < 1.29 is 23.6 Å². The molecule has 7 nitrogen and oxygen atoms in total. The fourth-order valence-corrected chi connectivity index (χ4v) is 3.70. The van der Waals surface area contributed by atoms with Gasteiger partial charge in [-0.15, -0.1) is 0 Å². The van der Waals surface area contributed by atoms with Crippen molar-refractivity contribution in [3.8, 4) is 5.75 Å². The standard InChI is InChI=1S/C27H24FN3O4/c28-22-7-2-18(3-8-22)16-30-26-13-19(1-4-21(26)15-29)17-34-23-9-5-20(6-10-23)24(14-27(32)33)25-11-12-35-31-25/h1-13,15,24,29-30H,14,16-17H2,(H,32,33)/t24-/m0/s1. The lowest BCUT2D eigenvalue weighted by atomic mass is 9.92. The lowest BCUT2D eigenvalue weighted by Gasteiger charge is -2.14. The van der Waals surface area contributed by atoms with Crippen molar-refractivity contribution in [1.29, 1.82) is 5.41 Å². The molecule has 0 amide bonds. The van der Waals surface area contributed by atoms with Crippen LogP contribution >= 0.6 is 0 Å². The van der Waals surface area contributed by atoms with Crippen molar-refractivity contribution in [1.82, 2.24) is 5.16 Å². The third-order valence-electron chi connectivity index (χ3n) is 5.55. The maximum absolute atomic E-state index is 13.1. The molecule has 35 heavy (non-hydrogen) atoms. The van der Waals surface area contributed by atoms with Gasteiger partial charge in [-0.1, -0.05) is 41.6 Å². The van der Waals surface area contributed by atoms with Crippen molar-refractivity contribution in [2.45, 2.75) is 25.5 Å². The number of halogens is 1. The number of aromatic nitrogens is 1. The predicted octanol–water partition coefficient (Wildman–Crippen LogP) is 5.61. The van der Waals surface area contributed by atoms with Crippen LogP contribution < -0.4 is 10.1 Å². The van der Waals surface area contributed by atoms with Gasteiger partial charge >= 0.3 is 5.97 Å². The highest BCUT2D eigenvalue weighted by Crippen LogP contribution is 2.29. The second-order valence-electron chi connectivity index (χ2n) is 7.98. The Morgan fingerprint density at radius 3 is 2.49 bits per heavy atom. The third-order valence-corrected chi connectivity index (χ3v) is 5.55. The first-order chi connectivity index (χ1) is 17.0. The van der Waals surface area contributed by atoms with Crippen molar-refractivity contribution >= 4 is 17.9 Å². The van der Waals surface area contributed by atoms with Gasteiger partial charge in [-0.3, -0.25) is 4.79 Å². The summed E-state index contributed by atoms with van der Waals surface area (Å²) < 4.78 is 23.9. The van der Waals surface area contributed by atoms with E-state index >= 15 is 0 Å². The number of nitrogens with one attached hydrogen (secondary N) is 2. The number of carboxylic acids is 1. The van der Waals surface area contributed by atoms with E-state index < -0.39 is 11.9 Å². The lowest BCUT2D eigenvalue weighted by molar-refractivity contribution is -0.137. The van der Waals surface area contributed by atoms with Gasteiger partial charge in [0.25, 0.3) is 0 Å². The van der Waals surface area contributed by atoms with Gasteiger partial charge in [-0.25, -0.2) is 4.39 Å². The molecule has 0 unspecified atom stereocenters. The van der Waals surface area contributed by atoms with Gasteiger partial charge in [0.1, 0.15) is 24.4 Å². The molecule has 0 fully saturated rings. The van der Waals surface area contributed by atoms with E-state index in [9.17, 15) is 14.3 Å². The minimum atomic E-state index is -0.921. The van der Waals surface area contributed by atoms with E-state index in [4.69, 9.17) is 14.7 Å². The summed E-state index contributed by atoms with van der Waals surface area (Å²) in [6.45, 7) is 0.806. The number of benzene rings is 3. The Kier molecular flexibility index (Phi) is 7.52. The van der Waals surface area contributed by atoms with Crippen molar-refractivity contribution in [2.75, 3.05) is 5.32 Å². The van der Waals surface area contributed by atoms with E-state index in [1.54, 1.807) is 30.3 Å². The molecule has 3 aromatic carbocycles. The van der Waals surface area contributed by atoms with Gasteiger partial charge in [0, 0.05) is 36.0 Å². The second-order valence-corrected chi connectivity index (χ2v) is 7.98. The first kappa shape index (κ1) is 23.7. The Morgan fingerprint density at radius 1 is 1.09 bits per heavy atom. The number of ether oxygens (including phenoxy) is 1. The van der Waals surface area contributed by atoms with Crippen LogP contribution in [0.1, 0.15) is 40.3 Å². The molecule has 3 N–H and O–H groups in total. The Bertz CT molecular complexity index is 1270. The largest absolute Gasteiger partial charge is 0.489 e. The van der Waals surface area contributed by atoms with E-state index in [0.717, 1.165) is 27.9 Å². The summed E-state index contributed by atoms with van der Waals surface area (Å²) >= 11 is 0. The molecule has 1 aromatic heterocycles. The van der Waals surface area contributed by atoms with E-state index in [1.165, 1.54) is 24.6 Å². The summed E-state index contributed by atoms with van der Waals surface area (Å²) in [6.07, 6.45) is 2.60. The Morgan fingerprint density at radius 2 is 1.83 bits per heavy atom. The number of anilines is 1. The maximum Gasteiger partial charge on any atom is 0.304 e. The molecule has 0 radical (unpaired) electrons. The normalized spacial score (nSPS) is 11.6. The Labute approximate surface area is 201 Å². The second kappa shape index (κ2) is 11.1. The third kappa shape index (κ3) is 6.32. The van der Waals surface area contributed by atoms with E-state index in [1.807, 2.05) is 30.3 Å². The molecule has 0 aliphatic heterocycles. The molecule has 0 aliphatic carbocycles. The minimum Gasteiger partial charge on any atom is -0.489 e. The number of hydrogen-bond donors (Lipinski definition) is 3. The van der Waals surface area contributed by atoms with Crippen LogP contribution in [0.15, 0.2) is 83.6 Å². The molecule has 178 valence electrons. The summed E-state index contributed by atoms with van der Waals surface area (Å²) in [7, 11) is 0. The van der Waals surface area contributed by atoms with Crippen LogP contribution in [0.2, 0.25) is 0 Å². The van der Waals surface area contributed by atoms with Crippen LogP contribution in [0.3, 0.4) is 0 Å². The smallest absolute Gasteiger partial charge is 0.304 e. The van der Waals surface area contributed by atoms with Crippen LogP contribution in [0.5, 0.6) is 5.75 Å². The predicted molar refractivity (Wildman–Crippen MR) is 129 cm³/mol. The first-order valence-corrected chi connectivity index (χ1v) is 11.0. The number of carboxylic acid groups (broad SMARTS) is 1. The molecule has 0 bridgehead atoms. The average Bonchev–Trinajstić information content (AvgIpc) is 3.41. The number of rotatable bonds is 11. The van der Waals surface area contributed by atoms with Crippen molar-refractivity contribution in [3.05, 3.63) is 113 Å². The highest BCUT2D eigenvalue weighted by molar-refractivity contribution is 5.86. The molecule has 1 heterocycles. The summed E-state index contributed by atoms with van der Waals surface area (Å²) in [4.78, 5) is 11.3. The SMILES string of the molecule is N=Cc1ccc(COc2ccc([C@H](CC(=O)O)c3ccon3)cc2)cc1NCc1ccc(F)cc1. The Balaban J connectivity index is 1.41. The quantitative estimate of drug-likeness (QED) is 0.244. The molecule has 4 aromatic rings. The van der Waals surface area contributed by atoms with Crippen molar-refractivity contribution in [2.24, 2.45) is 0 Å². The van der Waals surface area contributed by atoms with Crippen LogP contribution in [0, 0.1) is 11.2 Å². The Hall–Kier alpha value is -4.46. The first-order valence-electron chi connectivity index (χ1n) is 11.0. The van der Waals surface area contributed by atoms with E-state index in [-0.39, 0.29) is 12.2 Å². The van der Waals surface area contributed by atoms with Crippen LogP contribution in [-0.4, -0.2) is 22.4 Å². The maximum atomic E-state index is 13.1. The molecule has 1 atom stereocenters. The van der Waals surface area contributed by atoms with Gasteiger partial charge in [-0.2, -0.15) is 0 Å². The monoisotopic (exact) mass is 473 g/mol. The summed E-state index contributed by atoms with van der Waals surface area (Å²) in [5, 5.41) is 24.1. The topological polar surface area (TPSA) is 108 Å².